The molecule has 1 aliphatic carbocycles. The van der Waals surface area contributed by atoms with Crippen LogP contribution in [0.4, 0.5) is 0 Å². The van der Waals surface area contributed by atoms with Gasteiger partial charge in [0, 0.05) is 5.92 Å². The van der Waals surface area contributed by atoms with Gasteiger partial charge in [-0.05, 0) is 30.7 Å². The number of hydroxylamine groups is 1. The summed E-state index contributed by atoms with van der Waals surface area (Å²) in [4.78, 5) is 5.57. The van der Waals surface area contributed by atoms with Crippen LogP contribution in [0.2, 0.25) is 0 Å². The molecule has 1 N–H and O–H groups in total. The lowest BCUT2D eigenvalue weighted by Gasteiger charge is -2.41. The summed E-state index contributed by atoms with van der Waals surface area (Å²) in [5, 5.41) is 0. The maximum absolute atomic E-state index is 6.13. The van der Waals surface area contributed by atoms with Gasteiger partial charge in [-0.1, -0.05) is 30.3 Å². The Labute approximate surface area is 107 Å². The number of hydrogen-bond donors (Lipinski definition) is 1. The van der Waals surface area contributed by atoms with Gasteiger partial charge >= 0.3 is 0 Å². The molecule has 2 aliphatic heterocycles. The molecule has 1 saturated carbocycles. The van der Waals surface area contributed by atoms with Gasteiger partial charge < -0.3 is 9.57 Å². The van der Waals surface area contributed by atoms with Gasteiger partial charge in [0.15, 0.2) is 0 Å². The Balaban J connectivity index is 1.63. The van der Waals surface area contributed by atoms with Crippen molar-refractivity contribution in [2.75, 3.05) is 13.2 Å². The summed E-state index contributed by atoms with van der Waals surface area (Å²) in [5.74, 6) is 1.36. The fourth-order valence-corrected chi connectivity index (χ4v) is 3.41. The van der Waals surface area contributed by atoms with E-state index >= 15 is 0 Å². The van der Waals surface area contributed by atoms with Crippen LogP contribution in [0, 0.1) is 11.8 Å². The minimum absolute atomic E-state index is 0.118. The first-order valence-electron chi connectivity index (χ1n) is 6.94. The zero-order chi connectivity index (χ0) is 12.0. The van der Waals surface area contributed by atoms with Crippen molar-refractivity contribution in [1.29, 1.82) is 0 Å². The summed E-state index contributed by atoms with van der Waals surface area (Å²) in [6, 6.07) is 10.6. The summed E-state index contributed by atoms with van der Waals surface area (Å²) in [7, 11) is 0. The highest BCUT2D eigenvalue weighted by molar-refractivity contribution is 5.27. The zero-order valence-corrected chi connectivity index (χ0v) is 10.5. The summed E-state index contributed by atoms with van der Waals surface area (Å²) >= 11 is 0. The second-order valence-corrected chi connectivity index (χ2v) is 5.87. The lowest BCUT2D eigenvalue weighted by molar-refractivity contribution is -0.0761. The minimum atomic E-state index is -0.118. The maximum Gasteiger partial charge on any atom is 0.0965 e. The van der Waals surface area contributed by atoms with E-state index in [1.54, 1.807) is 0 Å². The highest BCUT2D eigenvalue weighted by Crippen LogP contribution is 2.46. The van der Waals surface area contributed by atoms with E-state index < -0.39 is 0 Å². The monoisotopic (exact) mass is 245 g/mol. The van der Waals surface area contributed by atoms with Crippen LogP contribution < -0.4 is 5.48 Å². The van der Waals surface area contributed by atoms with Crippen LogP contribution in [0.15, 0.2) is 30.3 Å². The molecule has 0 unspecified atom stereocenters. The molecule has 0 radical (unpaired) electrons. The molecule has 4 rings (SSSR count). The van der Waals surface area contributed by atoms with Gasteiger partial charge in [-0.15, -0.1) is 0 Å². The van der Waals surface area contributed by atoms with Crippen molar-refractivity contribution in [2.45, 2.75) is 30.9 Å². The number of ether oxygens (including phenoxy) is 1. The number of nitrogens with one attached hydrogen (secondary N) is 1. The van der Waals surface area contributed by atoms with Crippen molar-refractivity contribution in [3.63, 3.8) is 0 Å². The van der Waals surface area contributed by atoms with Crippen LogP contribution in [0.3, 0.4) is 0 Å². The molecule has 0 bridgehead atoms. The van der Waals surface area contributed by atoms with E-state index in [9.17, 15) is 0 Å². The average molecular weight is 245 g/mol. The van der Waals surface area contributed by atoms with E-state index in [-0.39, 0.29) is 5.54 Å². The Morgan fingerprint density at radius 3 is 2.78 bits per heavy atom. The number of benzene rings is 1. The van der Waals surface area contributed by atoms with E-state index in [4.69, 9.17) is 9.57 Å². The lowest BCUT2D eigenvalue weighted by atomic mass is 9.75. The van der Waals surface area contributed by atoms with Crippen molar-refractivity contribution in [1.82, 2.24) is 5.48 Å². The molecule has 3 heteroatoms. The Bertz CT molecular complexity index is 431. The fourth-order valence-electron chi connectivity index (χ4n) is 3.41. The highest BCUT2D eigenvalue weighted by atomic mass is 16.7. The van der Waals surface area contributed by atoms with Crippen LogP contribution in [0.5, 0.6) is 0 Å². The molecular weight excluding hydrogens is 226 g/mol. The molecule has 3 nitrogen and oxygen atoms in total. The average Bonchev–Trinajstić information content (AvgIpc) is 3.19. The smallest absolute Gasteiger partial charge is 0.0965 e. The van der Waals surface area contributed by atoms with Crippen molar-refractivity contribution in [3.05, 3.63) is 35.9 Å². The predicted molar refractivity (Wildman–Crippen MR) is 67.8 cm³/mol. The van der Waals surface area contributed by atoms with E-state index in [0.717, 1.165) is 25.6 Å². The van der Waals surface area contributed by atoms with Crippen LogP contribution in [-0.4, -0.2) is 19.3 Å². The van der Waals surface area contributed by atoms with E-state index in [0.29, 0.717) is 12.0 Å². The van der Waals surface area contributed by atoms with E-state index in [1.165, 1.54) is 18.4 Å². The van der Waals surface area contributed by atoms with Crippen molar-refractivity contribution in [2.24, 2.45) is 11.8 Å². The summed E-state index contributed by atoms with van der Waals surface area (Å²) in [6.07, 6.45) is 4.30. The summed E-state index contributed by atoms with van der Waals surface area (Å²) < 4.78 is 6.13. The quantitative estimate of drug-likeness (QED) is 0.866. The van der Waals surface area contributed by atoms with E-state index in [1.807, 2.05) is 0 Å². The van der Waals surface area contributed by atoms with Crippen LogP contribution in [0.1, 0.15) is 24.8 Å². The van der Waals surface area contributed by atoms with E-state index in [2.05, 4.69) is 35.8 Å². The number of hydrogen-bond acceptors (Lipinski definition) is 3. The topological polar surface area (TPSA) is 30.5 Å². The SMILES string of the molecule is c1ccc([C@@]23CO[C@H](C4CC4)C[C@@H]2CON3)cc1. The van der Waals surface area contributed by atoms with Gasteiger partial charge in [0.1, 0.15) is 0 Å². The van der Waals surface area contributed by atoms with Gasteiger partial charge in [-0.2, -0.15) is 5.48 Å². The second kappa shape index (κ2) is 4.05. The molecule has 3 atom stereocenters. The molecule has 0 spiro atoms. The highest BCUT2D eigenvalue weighted by Gasteiger charge is 2.52. The van der Waals surface area contributed by atoms with Gasteiger partial charge in [0.05, 0.1) is 24.9 Å². The van der Waals surface area contributed by atoms with Crippen molar-refractivity contribution in [3.8, 4) is 0 Å². The first-order valence-corrected chi connectivity index (χ1v) is 6.94. The molecule has 96 valence electrons. The molecule has 1 aromatic rings. The largest absolute Gasteiger partial charge is 0.376 e. The fraction of sp³-hybridized carbons (Fsp3) is 0.600. The van der Waals surface area contributed by atoms with Gasteiger partial charge in [0.25, 0.3) is 0 Å². The van der Waals surface area contributed by atoms with Crippen molar-refractivity contribution >= 4 is 0 Å². The molecule has 0 amide bonds. The molecule has 0 aromatic heterocycles. The van der Waals surface area contributed by atoms with Crippen molar-refractivity contribution < 1.29 is 9.57 Å². The molecule has 18 heavy (non-hydrogen) atoms. The van der Waals surface area contributed by atoms with Gasteiger partial charge in [-0.3, -0.25) is 0 Å². The first-order chi connectivity index (χ1) is 8.88. The summed E-state index contributed by atoms with van der Waals surface area (Å²) in [5.41, 5.74) is 4.42. The third-order valence-corrected chi connectivity index (χ3v) is 4.71. The Morgan fingerprint density at radius 1 is 1.17 bits per heavy atom. The maximum atomic E-state index is 6.13. The Morgan fingerprint density at radius 2 is 2.00 bits per heavy atom. The minimum Gasteiger partial charge on any atom is -0.376 e. The Kier molecular flexibility index (Phi) is 2.47. The molecule has 3 fully saturated rings. The van der Waals surface area contributed by atoms with Gasteiger partial charge in [-0.25, -0.2) is 0 Å². The standard InChI is InChI=1S/C15H19NO2/c1-2-4-12(5-3-1)15-10-17-14(11-6-7-11)8-13(15)9-18-16-15/h1-5,11,13-14,16H,6-10H2/t13-,14+,15+/m1/s1. The molecule has 1 aromatic carbocycles. The molecule has 3 aliphatic rings. The third kappa shape index (κ3) is 1.62. The molecule has 2 heterocycles. The van der Waals surface area contributed by atoms with Crippen LogP contribution in [-0.2, 0) is 15.1 Å². The predicted octanol–water partition coefficient (Wildman–Crippen LogP) is 2.23. The normalized spacial score (nSPS) is 39.6. The van der Waals surface area contributed by atoms with Gasteiger partial charge in [0.2, 0.25) is 0 Å². The third-order valence-electron chi connectivity index (χ3n) is 4.71. The van der Waals surface area contributed by atoms with Crippen LogP contribution in [0.25, 0.3) is 0 Å². The number of fused-ring (bicyclic) bond motifs is 1. The van der Waals surface area contributed by atoms with Crippen LogP contribution >= 0.6 is 0 Å². The lowest BCUT2D eigenvalue weighted by Crippen LogP contribution is -2.51. The summed E-state index contributed by atoms with van der Waals surface area (Å²) in [6.45, 7) is 1.55. The Hall–Kier alpha value is -0.900. The zero-order valence-electron chi connectivity index (χ0n) is 10.5. The second-order valence-electron chi connectivity index (χ2n) is 5.87. The molecule has 2 saturated heterocycles. The number of rotatable bonds is 2. The first kappa shape index (κ1) is 11.0. The molecular formula is C15H19NO2.